The number of rotatable bonds is 6. The van der Waals surface area contributed by atoms with Crippen molar-refractivity contribution in [1.29, 1.82) is 0 Å². The lowest BCUT2D eigenvalue weighted by Crippen LogP contribution is -2.36. The molecule has 0 aromatic heterocycles. The fraction of sp³-hybridized carbons (Fsp3) is 0.600. The largest absolute Gasteiger partial charge is 0.303 e. The summed E-state index contributed by atoms with van der Waals surface area (Å²) in [5, 5.41) is 0. The van der Waals surface area contributed by atoms with E-state index in [-0.39, 0.29) is 11.4 Å². The number of benzene rings is 1. The number of likely N-dealkylation sites (tertiary alicyclic amines) is 1. The standard InChI is InChI=1S/C15H22F2N2O2S/c1-12-4-2-6-19(11-12)7-3-5-18-22(20,21)15-9-13(16)8-14(17)10-15/h8-10,12,18H,2-7,11H2,1H3/t12-/m1/s1. The molecule has 1 heterocycles. The summed E-state index contributed by atoms with van der Waals surface area (Å²) in [5.41, 5.74) is 0. The van der Waals surface area contributed by atoms with Gasteiger partial charge in [-0.1, -0.05) is 6.92 Å². The number of hydrogen-bond acceptors (Lipinski definition) is 3. The molecule has 1 atom stereocenters. The number of sulfonamides is 1. The summed E-state index contributed by atoms with van der Waals surface area (Å²) in [6, 6.07) is 2.28. The quantitative estimate of drug-likeness (QED) is 0.814. The van der Waals surface area contributed by atoms with E-state index in [2.05, 4.69) is 16.5 Å². The van der Waals surface area contributed by atoms with Crippen molar-refractivity contribution in [1.82, 2.24) is 9.62 Å². The first-order chi connectivity index (χ1) is 10.4. The van der Waals surface area contributed by atoms with Crippen molar-refractivity contribution in [2.45, 2.75) is 31.1 Å². The second-order valence-corrected chi connectivity index (χ2v) is 7.67. The van der Waals surface area contributed by atoms with Gasteiger partial charge in [0, 0.05) is 19.2 Å². The average molecular weight is 332 g/mol. The zero-order valence-corrected chi connectivity index (χ0v) is 13.5. The normalized spacial score (nSPS) is 20.2. The topological polar surface area (TPSA) is 49.4 Å². The lowest BCUT2D eigenvalue weighted by molar-refractivity contribution is 0.182. The zero-order valence-electron chi connectivity index (χ0n) is 12.7. The maximum absolute atomic E-state index is 13.1. The molecule has 0 unspecified atom stereocenters. The molecule has 0 amide bonds. The Balaban J connectivity index is 1.82. The maximum atomic E-state index is 13.1. The van der Waals surface area contributed by atoms with E-state index in [1.54, 1.807) is 0 Å². The van der Waals surface area contributed by atoms with Gasteiger partial charge in [0.05, 0.1) is 4.90 Å². The molecule has 1 fully saturated rings. The molecule has 0 bridgehead atoms. The zero-order chi connectivity index (χ0) is 16.2. The molecule has 1 aromatic carbocycles. The fourth-order valence-corrected chi connectivity index (χ4v) is 3.88. The molecular formula is C15H22F2N2O2S. The number of piperidine rings is 1. The highest BCUT2D eigenvalue weighted by Gasteiger charge is 2.18. The van der Waals surface area contributed by atoms with Gasteiger partial charge < -0.3 is 4.90 Å². The molecule has 2 rings (SSSR count). The van der Waals surface area contributed by atoms with E-state index in [9.17, 15) is 17.2 Å². The van der Waals surface area contributed by atoms with E-state index in [1.165, 1.54) is 12.8 Å². The first kappa shape index (κ1) is 17.3. The van der Waals surface area contributed by atoms with E-state index in [0.29, 0.717) is 18.4 Å². The van der Waals surface area contributed by atoms with Crippen molar-refractivity contribution in [3.63, 3.8) is 0 Å². The van der Waals surface area contributed by atoms with Crippen molar-refractivity contribution in [2.75, 3.05) is 26.2 Å². The first-order valence-corrected chi connectivity index (χ1v) is 9.03. The third-order valence-corrected chi connectivity index (χ3v) is 5.27. The molecule has 1 aliphatic heterocycles. The summed E-state index contributed by atoms with van der Waals surface area (Å²) >= 11 is 0. The number of nitrogens with zero attached hydrogens (tertiary/aromatic N) is 1. The van der Waals surface area contributed by atoms with Gasteiger partial charge in [-0.3, -0.25) is 0 Å². The summed E-state index contributed by atoms with van der Waals surface area (Å²) in [6.45, 7) is 5.39. The van der Waals surface area contributed by atoms with Gasteiger partial charge in [0.1, 0.15) is 11.6 Å². The molecular weight excluding hydrogens is 310 g/mol. The summed E-state index contributed by atoms with van der Waals surface area (Å²) in [5.74, 6) is -1.12. The molecule has 7 heteroatoms. The van der Waals surface area contributed by atoms with Gasteiger partial charge in [-0.15, -0.1) is 0 Å². The Kier molecular flexibility index (Phi) is 5.88. The van der Waals surface area contributed by atoms with Crippen molar-refractivity contribution >= 4 is 10.0 Å². The Morgan fingerprint density at radius 2 is 1.95 bits per heavy atom. The van der Waals surface area contributed by atoms with Crippen LogP contribution in [0.4, 0.5) is 8.78 Å². The minimum absolute atomic E-state index is 0.255. The second kappa shape index (κ2) is 7.48. The summed E-state index contributed by atoms with van der Waals surface area (Å²) in [6.07, 6.45) is 3.09. The lowest BCUT2D eigenvalue weighted by atomic mass is 10.0. The Bertz CT molecular complexity index is 587. The van der Waals surface area contributed by atoms with Crippen LogP contribution < -0.4 is 4.72 Å². The van der Waals surface area contributed by atoms with E-state index < -0.39 is 21.7 Å². The van der Waals surface area contributed by atoms with Gasteiger partial charge in [0.25, 0.3) is 0 Å². The Morgan fingerprint density at radius 3 is 2.59 bits per heavy atom. The Hall–Kier alpha value is -1.05. The minimum atomic E-state index is -3.87. The molecule has 1 saturated heterocycles. The van der Waals surface area contributed by atoms with E-state index >= 15 is 0 Å². The minimum Gasteiger partial charge on any atom is -0.303 e. The Labute approximate surface area is 130 Å². The average Bonchev–Trinajstić information content (AvgIpc) is 2.43. The fourth-order valence-electron chi connectivity index (χ4n) is 2.77. The molecule has 0 spiro atoms. The van der Waals surface area contributed by atoms with E-state index in [0.717, 1.165) is 31.8 Å². The van der Waals surface area contributed by atoms with Crippen LogP contribution in [0.25, 0.3) is 0 Å². The molecule has 22 heavy (non-hydrogen) atoms. The van der Waals surface area contributed by atoms with Crippen LogP contribution in [0.1, 0.15) is 26.2 Å². The lowest BCUT2D eigenvalue weighted by Gasteiger charge is -2.30. The molecule has 1 aromatic rings. The van der Waals surface area contributed by atoms with Gasteiger partial charge >= 0.3 is 0 Å². The predicted octanol–water partition coefficient (Wildman–Crippen LogP) is 2.37. The maximum Gasteiger partial charge on any atom is 0.240 e. The highest BCUT2D eigenvalue weighted by atomic mass is 32.2. The number of hydrogen-bond donors (Lipinski definition) is 1. The number of halogens is 2. The molecule has 1 N–H and O–H groups in total. The van der Waals surface area contributed by atoms with Crippen LogP contribution in [0.5, 0.6) is 0 Å². The van der Waals surface area contributed by atoms with Crippen LogP contribution >= 0.6 is 0 Å². The monoisotopic (exact) mass is 332 g/mol. The molecule has 0 aliphatic carbocycles. The van der Waals surface area contributed by atoms with Crippen molar-refractivity contribution < 1.29 is 17.2 Å². The molecule has 0 radical (unpaired) electrons. The SMILES string of the molecule is C[C@@H]1CCCN(CCCNS(=O)(=O)c2cc(F)cc(F)c2)C1. The van der Waals surface area contributed by atoms with Crippen LogP contribution in [0.15, 0.2) is 23.1 Å². The van der Waals surface area contributed by atoms with Gasteiger partial charge in [0.2, 0.25) is 10.0 Å². The van der Waals surface area contributed by atoms with Crippen LogP contribution in [-0.2, 0) is 10.0 Å². The van der Waals surface area contributed by atoms with Crippen LogP contribution in [0.3, 0.4) is 0 Å². The summed E-state index contributed by atoms with van der Waals surface area (Å²) in [7, 11) is -3.87. The van der Waals surface area contributed by atoms with Crippen LogP contribution in [0.2, 0.25) is 0 Å². The van der Waals surface area contributed by atoms with Crippen molar-refractivity contribution in [3.05, 3.63) is 29.8 Å². The molecule has 4 nitrogen and oxygen atoms in total. The van der Waals surface area contributed by atoms with Gasteiger partial charge in [-0.05, 0) is 50.4 Å². The van der Waals surface area contributed by atoms with E-state index in [4.69, 9.17) is 0 Å². The highest BCUT2D eigenvalue weighted by Crippen LogP contribution is 2.16. The van der Waals surface area contributed by atoms with Crippen LogP contribution in [-0.4, -0.2) is 39.5 Å². The van der Waals surface area contributed by atoms with Crippen LogP contribution in [0, 0.1) is 17.6 Å². The van der Waals surface area contributed by atoms with Gasteiger partial charge in [0.15, 0.2) is 0 Å². The third-order valence-electron chi connectivity index (χ3n) is 3.83. The highest BCUT2D eigenvalue weighted by molar-refractivity contribution is 7.89. The number of nitrogens with one attached hydrogen (secondary N) is 1. The first-order valence-electron chi connectivity index (χ1n) is 7.55. The van der Waals surface area contributed by atoms with Gasteiger partial charge in [-0.2, -0.15) is 0 Å². The Morgan fingerprint density at radius 1 is 1.27 bits per heavy atom. The third kappa shape index (κ3) is 5.00. The molecule has 1 aliphatic rings. The van der Waals surface area contributed by atoms with Crippen molar-refractivity contribution in [3.8, 4) is 0 Å². The molecule has 0 saturated carbocycles. The van der Waals surface area contributed by atoms with E-state index in [1.807, 2.05) is 0 Å². The van der Waals surface area contributed by atoms with Crippen molar-refractivity contribution in [2.24, 2.45) is 5.92 Å². The van der Waals surface area contributed by atoms with Gasteiger partial charge in [-0.25, -0.2) is 21.9 Å². The summed E-state index contributed by atoms with van der Waals surface area (Å²) < 4.78 is 52.5. The molecule has 124 valence electrons. The predicted molar refractivity (Wildman–Crippen MR) is 81.0 cm³/mol. The summed E-state index contributed by atoms with van der Waals surface area (Å²) in [4.78, 5) is 1.95. The smallest absolute Gasteiger partial charge is 0.240 e. The second-order valence-electron chi connectivity index (χ2n) is 5.90.